The summed E-state index contributed by atoms with van der Waals surface area (Å²) in [4.78, 5) is 27.8. The summed E-state index contributed by atoms with van der Waals surface area (Å²) in [7, 11) is 0. The number of aryl methyl sites for hydroxylation is 1. The molecule has 1 fully saturated rings. The number of carbonyl (C=O) groups is 2. The number of amides is 1. The van der Waals surface area contributed by atoms with Crippen LogP contribution in [0.2, 0.25) is 0 Å². The van der Waals surface area contributed by atoms with Gasteiger partial charge in [-0.25, -0.2) is 4.79 Å². The predicted molar refractivity (Wildman–Crippen MR) is 107 cm³/mol. The molecule has 2 N–H and O–H groups in total. The molecule has 8 heteroatoms. The molecular formula is C21H35N3O5. The Bertz CT molecular complexity index is 712. The Labute approximate surface area is 172 Å². The number of ether oxygens (including phenoxy) is 1. The zero-order valence-corrected chi connectivity index (χ0v) is 18.5. The van der Waals surface area contributed by atoms with Gasteiger partial charge in [0.25, 0.3) is 0 Å². The van der Waals surface area contributed by atoms with Gasteiger partial charge < -0.3 is 19.7 Å². The van der Waals surface area contributed by atoms with Crippen molar-refractivity contribution in [2.24, 2.45) is 11.3 Å². The van der Waals surface area contributed by atoms with Crippen LogP contribution in [0, 0.1) is 11.3 Å². The van der Waals surface area contributed by atoms with Gasteiger partial charge in [-0.2, -0.15) is 4.98 Å². The van der Waals surface area contributed by atoms with E-state index in [1.54, 1.807) is 0 Å². The highest BCUT2D eigenvalue weighted by molar-refractivity contribution is 5.69. The van der Waals surface area contributed by atoms with Crippen LogP contribution in [0.1, 0.15) is 91.8 Å². The first-order chi connectivity index (χ1) is 13.4. The van der Waals surface area contributed by atoms with Gasteiger partial charge in [0.1, 0.15) is 11.1 Å². The first-order valence-electron chi connectivity index (χ1n) is 10.4. The molecule has 8 nitrogen and oxygen atoms in total. The lowest BCUT2D eigenvalue weighted by molar-refractivity contribution is -0.137. The lowest BCUT2D eigenvalue weighted by atomic mass is 9.65. The molecule has 1 amide bonds. The van der Waals surface area contributed by atoms with E-state index < -0.39 is 23.2 Å². The summed E-state index contributed by atoms with van der Waals surface area (Å²) in [6.07, 6.45) is 3.87. The fourth-order valence-corrected chi connectivity index (χ4v) is 3.85. The van der Waals surface area contributed by atoms with Crippen molar-refractivity contribution in [2.45, 2.75) is 97.6 Å². The Morgan fingerprint density at radius 1 is 1.24 bits per heavy atom. The summed E-state index contributed by atoms with van der Waals surface area (Å²) < 4.78 is 10.7. The number of aliphatic carboxylic acids is 1. The van der Waals surface area contributed by atoms with Gasteiger partial charge in [0, 0.05) is 6.42 Å². The van der Waals surface area contributed by atoms with Crippen molar-refractivity contribution in [1.29, 1.82) is 0 Å². The Balaban J connectivity index is 2.23. The lowest BCUT2D eigenvalue weighted by Crippen LogP contribution is -2.51. The largest absolute Gasteiger partial charge is 0.481 e. The van der Waals surface area contributed by atoms with E-state index in [-0.39, 0.29) is 24.1 Å². The van der Waals surface area contributed by atoms with Crippen molar-refractivity contribution in [3.8, 4) is 0 Å². The van der Waals surface area contributed by atoms with E-state index in [1.807, 2.05) is 20.8 Å². The third-order valence-electron chi connectivity index (χ3n) is 6.04. The zero-order valence-electron chi connectivity index (χ0n) is 18.5. The SMILES string of the molecule is CCC(C)(C)C1CCC(NC(=O)OC(C)(C)C)(c2noc(CCC(=O)O)n2)CC1. The topological polar surface area (TPSA) is 115 Å². The second kappa shape index (κ2) is 8.71. The molecule has 0 saturated heterocycles. The zero-order chi connectivity index (χ0) is 21.9. The normalized spacial score (nSPS) is 22.9. The summed E-state index contributed by atoms with van der Waals surface area (Å²) in [5.74, 6) is 0.286. The lowest BCUT2D eigenvalue weighted by Gasteiger charge is -2.43. The molecule has 164 valence electrons. The average molecular weight is 410 g/mol. The molecule has 1 aliphatic carbocycles. The van der Waals surface area contributed by atoms with Crippen molar-refractivity contribution >= 4 is 12.1 Å². The number of carboxylic acid groups (broad SMARTS) is 1. The number of hydrogen-bond acceptors (Lipinski definition) is 6. The standard InChI is InChI=1S/C21H35N3O5/c1-7-20(5,6)14-10-12-21(13-11-14,23-18(27)28-19(2,3)4)17-22-15(29-24-17)8-9-16(25)26/h14H,7-13H2,1-6H3,(H,23,27)(H,25,26). The van der Waals surface area contributed by atoms with E-state index >= 15 is 0 Å². The van der Waals surface area contributed by atoms with E-state index in [0.29, 0.717) is 24.6 Å². The predicted octanol–water partition coefficient (Wildman–Crippen LogP) is 4.43. The highest BCUT2D eigenvalue weighted by atomic mass is 16.6. The van der Waals surface area contributed by atoms with E-state index in [0.717, 1.165) is 19.3 Å². The number of nitrogens with one attached hydrogen (secondary N) is 1. The van der Waals surface area contributed by atoms with Crippen LogP contribution in [0.3, 0.4) is 0 Å². The summed E-state index contributed by atoms with van der Waals surface area (Å²) in [5, 5.41) is 16.0. The van der Waals surface area contributed by atoms with E-state index in [1.165, 1.54) is 0 Å². The number of hydrogen-bond donors (Lipinski definition) is 2. The highest BCUT2D eigenvalue weighted by Gasteiger charge is 2.45. The van der Waals surface area contributed by atoms with Gasteiger partial charge in [-0.05, 0) is 57.8 Å². The maximum Gasteiger partial charge on any atom is 0.408 e. The van der Waals surface area contributed by atoms with Crippen LogP contribution in [-0.4, -0.2) is 32.9 Å². The fourth-order valence-electron chi connectivity index (χ4n) is 3.85. The summed E-state index contributed by atoms with van der Waals surface area (Å²) >= 11 is 0. The van der Waals surface area contributed by atoms with Crippen LogP contribution in [0.5, 0.6) is 0 Å². The molecule has 1 aromatic rings. The van der Waals surface area contributed by atoms with Gasteiger partial charge in [-0.1, -0.05) is 32.3 Å². The van der Waals surface area contributed by atoms with E-state index in [9.17, 15) is 9.59 Å². The molecule has 0 spiro atoms. The summed E-state index contributed by atoms with van der Waals surface area (Å²) in [6, 6.07) is 0. The van der Waals surface area contributed by atoms with Crippen molar-refractivity contribution in [2.75, 3.05) is 0 Å². The number of alkyl carbamates (subject to hydrolysis) is 1. The van der Waals surface area contributed by atoms with Crippen LogP contribution < -0.4 is 5.32 Å². The summed E-state index contributed by atoms with van der Waals surface area (Å²) in [5.41, 5.74) is -1.16. The monoisotopic (exact) mass is 409 g/mol. The van der Waals surface area contributed by atoms with Crippen LogP contribution in [0.25, 0.3) is 0 Å². The van der Waals surface area contributed by atoms with Gasteiger partial charge in [-0.3, -0.25) is 4.79 Å². The van der Waals surface area contributed by atoms with Crippen molar-refractivity contribution in [3.63, 3.8) is 0 Å². The molecule has 0 bridgehead atoms. The molecule has 0 radical (unpaired) electrons. The smallest absolute Gasteiger partial charge is 0.408 e. The quantitative estimate of drug-likeness (QED) is 0.684. The molecule has 1 heterocycles. The first-order valence-corrected chi connectivity index (χ1v) is 10.4. The number of carbonyl (C=O) groups excluding carboxylic acids is 1. The molecule has 1 saturated carbocycles. The minimum Gasteiger partial charge on any atom is -0.481 e. The molecule has 1 aliphatic rings. The maximum atomic E-state index is 12.6. The number of carboxylic acids is 1. The number of nitrogens with zero attached hydrogens (tertiary/aromatic N) is 2. The van der Waals surface area contributed by atoms with E-state index in [4.69, 9.17) is 14.4 Å². The van der Waals surface area contributed by atoms with Crippen LogP contribution >= 0.6 is 0 Å². The van der Waals surface area contributed by atoms with Gasteiger partial charge >= 0.3 is 12.1 Å². The molecule has 0 aliphatic heterocycles. The minimum absolute atomic E-state index is 0.0824. The van der Waals surface area contributed by atoms with Gasteiger partial charge in [0.2, 0.25) is 5.89 Å². The molecule has 2 rings (SSSR count). The highest BCUT2D eigenvalue weighted by Crippen LogP contribution is 2.46. The summed E-state index contributed by atoms with van der Waals surface area (Å²) in [6.45, 7) is 12.2. The molecule has 0 unspecified atom stereocenters. The second-order valence-corrected chi connectivity index (χ2v) is 9.73. The number of aromatic nitrogens is 2. The Morgan fingerprint density at radius 2 is 1.86 bits per heavy atom. The van der Waals surface area contributed by atoms with Crippen LogP contribution in [0.15, 0.2) is 4.52 Å². The van der Waals surface area contributed by atoms with Gasteiger partial charge in [0.05, 0.1) is 6.42 Å². The molecule has 0 atom stereocenters. The first kappa shape index (κ1) is 23.2. The Hall–Kier alpha value is -2.12. The van der Waals surface area contributed by atoms with Crippen LogP contribution in [0.4, 0.5) is 4.79 Å². The average Bonchev–Trinajstić information content (AvgIpc) is 3.08. The molecule has 1 aromatic heterocycles. The minimum atomic E-state index is -0.923. The van der Waals surface area contributed by atoms with E-state index in [2.05, 4.69) is 36.2 Å². The maximum absolute atomic E-state index is 12.6. The second-order valence-electron chi connectivity index (χ2n) is 9.73. The van der Waals surface area contributed by atoms with Crippen molar-refractivity contribution < 1.29 is 24.0 Å². The third kappa shape index (κ3) is 6.18. The molecule has 0 aromatic carbocycles. The molecule has 29 heavy (non-hydrogen) atoms. The Kier molecular flexibility index (Phi) is 6.96. The van der Waals surface area contributed by atoms with Crippen LogP contribution in [-0.2, 0) is 21.5 Å². The molecular weight excluding hydrogens is 374 g/mol. The third-order valence-corrected chi connectivity index (χ3v) is 6.04. The Morgan fingerprint density at radius 3 is 2.38 bits per heavy atom. The van der Waals surface area contributed by atoms with Gasteiger partial charge in [-0.15, -0.1) is 0 Å². The van der Waals surface area contributed by atoms with Gasteiger partial charge in [0.15, 0.2) is 5.82 Å². The fraction of sp³-hybridized carbons (Fsp3) is 0.810. The number of rotatable bonds is 7. The van der Waals surface area contributed by atoms with Crippen molar-refractivity contribution in [3.05, 3.63) is 11.7 Å². The van der Waals surface area contributed by atoms with Crippen molar-refractivity contribution in [1.82, 2.24) is 15.5 Å².